The largest absolute Gasteiger partial charge is 0.445 e. The summed E-state index contributed by atoms with van der Waals surface area (Å²) in [5, 5.41) is 7.95. The summed E-state index contributed by atoms with van der Waals surface area (Å²) < 4.78 is 5.20. The molecule has 0 aliphatic carbocycles. The molecule has 164 valence electrons. The second-order valence-corrected chi connectivity index (χ2v) is 7.31. The number of anilines is 1. The Morgan fingerprint density at radius 1 is 1.00 bits per heavy atom. The van der Waals surface area contributed by atoms with Gasteiger partial charge in [-0.25, -0.2) is 4.79 Å². The highest BCUT2D eigenvalue weighted by molar-refractivity contribution is 5.98. The van der Waals surface area contributed by atoms with Crippen molar-refractivity contribution in [3.8, 4) is 0 Å². The first-order valence-electron chi connectivity index (χ1n) is 9.94. The number of primary amides is 1. The van der Waals surface area contributed by atoms with Crippen LogP contribution in [0.15, 0.2) is 72.6 Å². The van der Waals surface area contributed by atoms with E-state index in [1.807, 2.05) is 62.4 Å². The lowest BCUT2D eigenvalue weighted by molar-refractivity contribution is -0.124. The van der Waals surface area contributed by atoms with Crippen molar-refractivity contribution in [1.82, 2.24) is 10.6 Å². The maximum absolute atomic E-state index is 12.8. The summed E-state index contributed by atoms with van der Waals surface area (Å²) in [6.07, 6.45) is 0.942. The van der Waals surface area contributed by atoms with Gasteiger partial charge >= 0.3 is 6.09 Å². The molecule has 0 spiro atoms. The predicted molar refractivity (Wildman–Crippen MR) is 118 cm³/mol. The Balaban J connectivity index is 2.00. The zero-order chi connectivity index (χ0) is 22.6. The van der Waals surface area contributed by atoms with E-state index in [0.29, 0.717) is 6.42 Å². The van der Waals surface area contributed by atoms with Gasteiger partial charge in [0.05, 0.1) is 0 Å². The molecule has 2 rings (SSSR count). The Bertz CT molecular complexity index is 898. The zero-order valence-corrected chi connectivity index (χ0v) is 17.6. The molecule has 31 heavy (non-hydrogen) atoms. The molecule has 0 unspecified atom stereocenters. The molecule has 2 aromatic carbocycles. The van der Waals surface area contributed by atoms with Crippen LogP contribution < -0.4 is 21.7 Å². The minimum Gasteiger partial charge on any atom is -0.445 e. The van der Waals surface area contributed by atoms with Crippen molar-refractivity contribution in [3.05, 3.63) is 78.1 Å². The van der Waals surface area contributed by atoms with E-state index in [9.17, 15) is 14.4 Å². The van der Waals surface area contributed by atoms with E-state index in [0.717, 1.165) is 11.3 Å². The van der Waals surface area contributed by atoms with E-state index in [-0.39, 0.29) is 18.2 Å². The van der Waals surface area contributed by atoms with E-state index in [1.165, 1.54) is 6.20 Å². The van der Waals surface area contributed by atoms with Gasteiger partial charge in [0.1, 0.15) is 18.3 Å². The van der Waals surface area contributed by atoms with Crippen molar-refractivity contribution in [3.63, 3.8) is 0 Å². The molecule has 0 heterocycles. The molecule has 3 amide bonds. The number of nitrogens with two attached hydrogens (primary N) is 1. The Kier molecular flexibility index (Phi) is 9.10. The molecule has 8 heteroatoms. The van der Waals surface area contributed by atoms with Crippen molar-refractivity contribution in [1.29, 1.82) is 0 Å². The number of rotatable bonds is 10. The van der Waals surface area contributed by atoms with Crippen LogP contribution in [-0.2, 0) is 20.9 Å². The lowest BCUT2D eigenvalue weighted by atomic mass is 10.0. The minimum atomic E-state index is -0.900. The Morgan fingerprint density at radius 2 is 1.61 bits per heavy atom. The van der Waals surface area contributed by atoms with Crippen LogP contribution in [0, 0.1) is 5.92 Å². The Labute approximate surface area is 181 Å². The number of hydrogen-bond donors (Lipinski definition) is 4. The number of benzene rings is 2. The van der Waals surface area contributed by atoms with Crippen molar-refractivity contribution < 1.29 is 19.1 Å². The van der Waals surface area contributed by atoms with E-state index >= 15 is 0 Å². The van der Waals surface area contributed by atoms with E-state index in [2.05, 4.69) is 16.0 Å². The lowest BCUT2D eigenvalue weighted by Gasteiger charge is -2.20. The van der Waals surface area contributed by atoms with Gasteiger partial charge < -0.3 is 26.4 Å². The summed E-state index contributed by atoms with van der Waals surface area (Å²) in [6, 6.07) is 17.4. The molecular weight excluding hydrogens is 396 g/mol. The molecule has 0 aliphatic heterocycles. The van der Waals surface area contributed by atoms with Gasteiger partial charge in [-0.2, -0.15) is 0 Å². The molecule has 0 saturated heterocycles. The summed E-state index contributed by atoms with van der Waals surface area (Å²) >= 11 is 0. The van der Waals surface area contributed by atoms with Crippen LogP contribution in [0.1, 0.15) is 25.8 Å². The standard InChI is InChI=1S/C23H28N4O4/c1-16(2)13-19(27-23(30)31-15-17-9-5-3-6-10-17)22(29)26-20(21(24)28)14-25-18-11-7-4-8-12-18/h3-12,14,16,19,25H,13,15H2,1-2H3,(H2,24,28)(H,26,29)(H,27,30)/t19-/m0/s1. The molecule has 1 atom stereocenters. The third-order valence-corrected chi connectivity index (χ3v) is 4.21. The smallest absolute Gasteiger partial charge is 0.408 e. The van der Waals surface area contributed by atoms with Gasteiger partial charge in [0, 0.05) is 11.9 Å². The van der Waals surface area contributed by atoms with E-state index in [1.54, 1.807) is 12.1 Å². The van der Waals surface area contributed by atoms with Crippen LogP contribution in [-0.4, -0.2) is 23.9 Å². The van der Waals surface area contributed by atoms with Gasteiger partial charge in [-0.05, 0) is 30.0 Å². The quantitative estimate of drug-likeness (QED) is 0.437. The monoisotopic (exact) mass is 424 g/mol. The Hall–Kier alpha value is -3.81. The number of nitrogens with one attached hydrogen (secondary N) is 3. The minimum absolute atomic E-state index is 0.0795. The topological polar surface area (TPSA) is 123 Å². The number of ether oxygens (including phenoxy) is 1. The van der Waals surface area contributed by atoms with Gasteiger partial charge in [-0.15, -0.1) is 0 Å². The summed E-state index contributed by atoms with van der Waals surface area (Å²) in [6.45, 7) is 3.91. The Morgan fingerprint density at radius 3 is 2.19 bits per heavy atom. The first-order valence-corrected chi connectivity index (χ1v) is 9.94. The fourth-order valence-electron chi connectivity index (χ4n) is 2.69. The number of amides is 3. The number of hydrogen-bond acceptors (Lipinski definition) is 5. The van der Waals surface area contributed by atoms with Crippen molar-refractivity contribution >= 4 is 23.6 Å². The average Bonchev–Trinajstić information content (AvgIpc) is 2.75. The van der Waals surface area contributed by atoms with Crippen LogP contribution in [0.3, 0.4) is 0 Å². The van der Waals surface area contributed by atoms with Gasteiger partial charge in [0.15, 0.2) is 0 Å². The van der Waals surface area contributed by atoms with Gasteiger partial charge in [-0.3, -0.25) is 9.59 Å². The highest BCUT2D eigenvalue weighted by Gasteiger charge is 2.24. The number of alkyl carbamates (subject to hydrolysis) is 1. The van der Waals surface area contributed by atoms with Crippen LogP contribution in [0.2, 0.25) is 0 Å². The van der Waals surface area contributed by atoms with Crippen molar-refractivity contribution in [2.24, 2.45) is 11.7 Å². The first kappa shape index (κ1) is 23.5. The maximum atomic E-state index is 12.8. The van der Waals surface area contributed by atoms with Gasteiger partial charge in [0.2, 0.25) is 5.91 Å². The summed E-state index contributed by atoms with van der Waals surface area (Å²) in [7, 11) is 0. The second kappa shape index (κ2) is 12.0. The van der Waals surface area contributed by atoms with Crippen LogP contribution in [0.25, 0.3) is 0 Å². The van der Waals surface area contributed by atoms with Gasteiger partial charge in [-0.1, -0.05) is 62.4 Å². The fourth-order valence-corrected chi connectivity index (χ4v) is 2.69. The molecule has 2 aromatic rings. The molecule has 0 bridgehead atoms. The van der Waals surface area contributed by atoms with E-state index in [4.69, 9.17) is 10.5 Å². The fraction of sp³-hybridized carbons (Fsp3) is 0.261. The lowest BCUT2D eigenvalue weighted by Crippen LogP contribution is -2.48. The highest BCUT2D eigenvalue weighted by atomic mass is 16.5. The molecule has 0 aliphatic rings. The van der Waals surface area contributed by atoms with Gasteiger partial charge in [0.25, 0.3) is 5.91 Å². The molecule has 5 N–H and O–H groups in total. The van der Waals surface area contributed by atoms with E-state index < -0.39 is 23.9 Å². The van der Waals surface area contributed by atoms with Crippen LogP contribution in [0.4, 0.5) is 10.5 Å². The number of carbonyl (C=O) groups is 3. The van der Waals surface area contributed by atoms with Crippen molar-refractivity contribution in [2.45, 2.75) is 32.9 Å². The van der Waals surface area contributed by atoms with Crippen LogP contribution in [0.5, 0.6) is 0 Å². The predicted octanol–water partition coefficient (Wildman–Crippen LogP) is 2.88. The molecule has 8 nitrogen and oxygen atoms in total. The number of carbonyl (C=O) groups excluding carboxylic acids is 3. The third-order valence-electron chi connectivity index (χ3n) is 4.21. The number of para-hydroxylation sites is 1. The molecular formula is C23H28N4O4. The molecule has 0 saturated carbocycles. The molecule has 0 aromatic heterocycles. The zero-order valence-electron chi connectivity index (χ0n) is 17.6. The second-order valence-electron chi connectivity index (χ2n) is 7.31. The highest BCUT2D eigenvalue weighted by Crippen LogP contribution is 2.09. The van der Waals surface area contributed by atoms with Crippen LogP contribution >= 0.6 is 0 Å². The summed E-state index contributed by atoms with van der Waals surface area (Å²) in [5.41, 5.74) is 6.81. The maximum Gasteiger partial charge on any atom is 0.408 e. The summed E-state index contributed by atoms with van der Waals surface area (Å²) in [4.78, 5) is 36.7. The average molecular weight is 425 g/mol. The van der Waals surface area contributed by atoms with Crippen molar-refractivity contribution in [2.75, 3.05) is 5.32 Å². The molecule has 0 radical (unpaired) electrons. The SMILES string of the molecule is CC(C)C[C@H](NC(=O)OCc1ccccc1)C(=O)NC(=CNc1ccccc1)C(N)=O. The normalized spacial score (nSPS) is 12.0. The third kappa shape index (κ3) is 8.61. The first-order chi connectivity index (χ1) is 14.8. The molecule has 0 fully saturated rings. The summed E-state index contributed by atoms with van der Waals surface area (Å²) in [5.74, 6) is -1.27.